The van der Waals surface area contributed by atoms with Gasteiger partial charge >= 0.3 is 0 Å². The second-order valence-corrected chi connectivity index (χ2v) is 3.19. The molecule has 1 heterocycles. The van der Waals surface area contributed by atoms with E-state index >= 15 is 0 Å². The summed E-state index contributed by atoms with van der Waals surface area (Å²) in [6.45, 7) is 0. The van der Waals surface area contributed by atoms with Crippen LogP contribution in [0.25, 0.3) is 0 Å². The van der Waals surface area contributed by atoms with E-state index in [0.29, 0.717) is 17.8 Å². The van der Waals surface area contributed by atoms with E-state index in [0.717, 1.165) is 0 Å². The van der Waals surface area contributed by atoms with Crippen molar-refractivity contribution < 1.29 is 18.0 Å². The molecule has 0 radical (unpaired) electrons. The number of nitrogens with zero attached hydrogens (tertiary/aromatic N) is 1. The van der Waals surface area contributed by atoms with Crippen LogP contribution in [-0.4, -0.2) is 16.1 Å². The molecule has 4 nitrogen and oxygen atoms in total. The molecule has 17 heavy (non-hydrogen) atoms. The third-order valence-electron chi connectivity index (χ3n) is 2.00. The summed E-state index contributed by atoms with van der Waals surface area (Å²) in [5.41, 5.74) is 0.0164. The van der Waals surface area contributed by atoms with Crippen LogP contribution in [0.4, 0.5) is 18.9 Å². The minimum absolute atomic E-state index is 0.317. The van der Waals surface area contributed by atoms with Gasteiger partial charge in [-0.2, -0.15) is 5.10 Å². The number of amides is 1. The molecule has 1 aromatic carbocycles. The average Bonchev–Trinajstić information content (AvgIpc) is 2.77. The Bertz CT molecular complexity index is 531. The number of H-pyrrole nitrogens is 1. The first-order valence-electron chi connectivity index (χ1n) is 4.52. The molecule has 0 aliphatic carbocycles. The van der Waals surface area contributed by atoms with Crippen LogP contribution in [0, 0.1) is 17.5 Å². The van der Waals surface area contributed by atoms with Gasteiger partial charge in [-0.3, -0.25) is 9.89 Å². The molecule has 0 unspecified atom stereocenters. The maximum Gasteiger partial charge on any atom is 0.255 e. The highest BCUT2D eigenvalue weighted by Crippen LogP contribution is 2.14. The van der Waals surface area contributed by atoms with E-state index in [2.05, 4.69) is 15.5 Å². The van der Waals surface area contributed by atoms with E-state index in [9.17, 15) is 18.0 Å². The number of anilines is 1. The lowest BCUT2D eigenvalue weighted by atomic mass is 10.2. The van der Waals surface area contributed by atoms with Crippen LogP contribution in [0.3, 0.4) is 0 Å². The SMILES string of the molecule is O=C(Nc1cn[nH]c1)c1cc(F)c(F)c(F)c1. The van der Waals surface area contributed by atoms with Gasteiger partial charge in [-0.15, -0.1) is 0 Å². The summed E-state index contributed by atoms with van der Waals surface area (Å²) in [5, 5.41) is 8.34. The van der Waals surface area contributed by atoms with E-state index in [1.807, 2.05) is 0 Å². The first-order chi connectivity index (χ1) is 8.08. The Morgan fingerprint density at radius 2 is 1.88 bits per heavy atom. The fourth-order valence-electron chi connectivity index (χ4n) is 1.21. The molecule has 2 aromatic rings. The molecule has 2 rings (SSSR count). The van der Waals surface area contributed by atoms with Gasteiger partial charge in [-0.25, -0.2) is 13.2 Å². The standard InChI is InChI=1S/C10H6F3N3O/c11-7-1-5(2-8(12)9(7)13)10(17)16-6-3-14-15-4-6/h1-4H,(H,14,15)(H,16,17). The molecule has 7 heteroatoms. The predicted molar refractivity (Wildman–Crippen MR) is 52.9 cm³/mol. The minimum Gasteiger partial charge on any atom is -0.319 e. The van der Waals surface area contributed by atoms with Gasteiger partial charge < -0.3 is 5.32 Å². The number of carbonyl (C=O) groups excluding carboxylic acids is 1. The van der Waals surface area contributed by atoms with Gasteiger partial charge in [-0.1, -0.05) is 0 Å². The summed E-state index contributed by atoms with van der Waals surface area (Å²) in [4.78, 5) is 11.5. The third-order valence-corrected chi connectivity index (χ3v) is 2.00. The molecule has 0 fully saturated rings. The molecule has 0 saturated heterocycles. The average molecular weight is 241 g/mol. The van der Waals surface area contributed by atoms with Gasteiger partial charge in [0.2, 0.25) is 0 Å². The molecular formula is C10H6F3N3O. The van der Waals surface area contributed by atoms with Crippen molar-refractivity contribution in [2.75, 3.05) is 5.32 Å². The van der Waals surface area contributed by atoms with Gasteiger partial charge in [0.1, 0.15) is 0 Å². The Hall–Kier alpha value is -2.31. The van der Waals surface area contributed by atoms with E-state index in [1.54, 1.807) is 0 Å². The summed E-state index contributed by atoms with van der Waals surface area (Å²) < 4.78 is 38.4. The normalized spacial score (nSPS) is 10.3. The molecule has 0 spiro atoms. The second-order valence-electron chi connectivity index (χ2n) is 3.19. The summed E-state index contributed by atoms with van der Waals surface area (Å²) in [6.07, 6.45) is 2.70. The first kappa shape index (κ1) is 11.2. The van der Waals surface area contributed by atoms with Crippen LogP contribution in [0.1, 0.15) is 10.4 Å². The number of nitrogens with one attached hydrogen (secondary N) is 2. The number of benzene rings is 1. The highest BCUT2D eigenvalue weighted by atomic mass is 19.2. The zero-order valence-electron chi connectivity index (χ0n) is 8.30. The zero-order chi connectivity index (χ0) is 12.4. The van der Waals surface area contributed by atoms with Crippen LogP contribution < -0.4 is 5.32 Å². The number of aromatic nitrogens is 2. The topological polar surface area (TPSA) is 57.8 Å². The van der Waals surface area contributed by atoms with Gasteiger partial charge in [-0.05, 0) is 12.1 Å². The predicted octanol–water partition coefficient (Wildman–Crippen LogP) is 2.08. The second kappa shape index (κ2) is 4.28. The third kappa shape index (κ3) is 2.27. The van der Waals surface area contributed by atoms with Gasteiger partial charge in [0, 0.05) is 11.8 Å². The molecule has 88 valence electrons. The van der Waals surface area contributed by atoms with Crippen LogP contribution >= 0.6 is 0 Å². The largest absolute Gasteiger partial charge is 0.319 e. The lowest BCUT2D eigenvalue weighted by Gasteiger charge is -2.03. The molecule has 0 atom stereocenters. The molecule has 0 bridgehead atoms. The van der Waals surface area contributed by atoms with Gasteiger partial charge in [0.25, 0.3) is 5.91 Å². The van der Waals surface area contributed by atoms with E-state index in [4.69, 9.17) is 0 Å². The number of aromatic amines is 1. The molecule has 0 aliphatic rings. The Labute approximate surface area is 93.5 Å². The molecule has 0 aliphatic heterocycles. The summed E-state index contributed by atoms with van der Waals surface area (Å²) >= 11 is 0. The zero-order valence-corrected chi connectivity index (χ0v) is 8.30. The number of halogens is 3. The van der Waals surface area contributed by atoms with Crippen molar-refractivity contribution >= 4 is 11.6 Å². The van der Waals surface area contributed by atoms with Crippen molar-refractivity contribution in [1.29, 1.82) is 0 Å². The Morgan fingerprint density at radius 3 is 2.41 bits per heavy atom. The van der Waals surface area contributed by atoms with Crippen LogP contribution in [-0.2, 0) is 0 Å². The van der Waals surface area contributed by atoms with Crippen molar-refractivity contribution in [3.63, 3.8) is 0 Å². The minimum atomic E-state index is -1.61. The summed E-state index contributed by atoms with van der Waals surface area (Å²) in [7, 11) is 0. The number of rotatable bonds is 2. The lowest BCUT2D eigenvalue weighted by molar-refractivity contribution is 0.102. The highest BCUT2D eigenvalue weighted by Gasteiger charge is 2.15. The fourth-order valence-corrected chi connectivity index (χ4v) is 1.21. The summed E-state index contributed by atoms with van der Waals surface area (Å²) in [5.74, 6) is -5.20. The maximum atomic E-state index is 12.9. The maximum absolute atomic E-state index is 12.9. The van der Waals surface area contributed by atoms with Crippen molar-refractivity contribution in [2.24, 2.45) is 0 Å². The van der Waals surface area contributed by atoms with Crippen LogP contribution in [0.2, 0.25) is 0 Å². The van der Waals surface area contributed by atoms with E-state index in [-0.39, 0.29) is 5.56 Å². The monoisotopic (exact) mass is 241 g/mol. The molecule has 1 aromatic heterocycles. The van der Waals surface area contributed by atoms with Crippen LogP contribution in [0.5, 0.6) is 0 Å². The lowest BCUT2D eigenvalue weighted by Crippen LogP contribution is -2.12. The van der Waals surface area contributed by atoms with Gasteiger partial charge in [0.15, 0.2) is 17.5 Å². The van der Waals surface area contributed by atoms with Crippen molar-refractivity contribution in [3.05, 3.63) is 47.5 Å². The van der Waals surface area contributed by atoms with Crippen molar-refractivity contribution in [1.82, 2.24) is 10.2 Å². The van der Waals surface area contributed by atoms with Crippen molar-refractivity contribution in [2.45, 2.75) is 0 Å². The van der Waals surface area contributed by atoms with Crippen molar-refractivity contribution in [3.8, 4) is 0 Å². The number of hydrogen-bond acceptors (Lipinski definition) is 2. The van der Waals surface area contributed by atoms with E-state index < -0.39 is 23.4 Å². The first-order valence-corrected chi connectivity index (χ1v) is 4.52. The number of hydrogen-bond donors (Lipinski definition) is 2. The Balaban J connectivity index is 2.26. The number of carbonyl (C=O) groups is 1. The van der Waals surface area contributed by atoms with Crippen LogP contribution in [0.15, 0.2) is 24.5 Å². The Morgan fingerprint density at radius 1 is 1.24 bits per heavy atom. The Kier molecular flexibility index (Phi) is 2.82. The molecule has 1 amide bonds. The highest BCUT2D eigenvalue weighted by molar-refractivity contribution is 6.04. The quantitative estimate of drug-likeness (QED) is 0.791. The smallest absolute Gasteiger partial charge is 0.255 e. The van der Waals surface area contributed by atoms with Gasteiger partial charge in [0.05, 0.1) is 11.9 Å². The molecular weight excluding hydrogens is 235 g/mol. The molecule has 2 N–H and O–H groups in total. The molecule has 0 saturated carbocycles. The fraction of sp³-hybridized carbons (Fsp3) is 0. The summed E-state index contributed by atoms with van der Waals surface area (Å²) in [6, 6.07) is 1.24. The van der Waals surface area contributed by atoms with E-state index in [1.165, 1.54) is 12.4 Å².